The molecule has 1 aliphatic rings. The molecule has 1 saturated heterocycles. The summed E-state index contributed by atoms with van der Waals surface area (Å²) in [5.41, 5.74) is 0. The average molecular weight is 1050 g/mol. The number of carbonyl (C=O) groups excluding carboxylic acids is 1. The second kappa shape index (κ2) is 54.5. The first-order chi connectivity index (χ1) is 36.8. The number of amides is 1. The Labute approximate surface area is 460 Å². The van der Waals surface area contributed by atoms with E-state index in [0.29, 0.717) is 6.42 Å². The average Bonchev–Trinajstić information content (AvgIpc) is 3.41. The minimum Gasteiger partial charge on any atom is -0.394 e. The highest BCUT2D eigenvalue weighted by atomic mass is 16.7. The quantitative estimate of drug-likeness (QED) is 0.0261. The van der Waals surface area contributed by atoms with E-state index < -0.39 is 49.5 Å². The van der Waals surface area contributed by atoms with Crippen molar-refractivity contribution in [2.24, 2.45) is 0 Å². The Hall–Kier alpha value is -2.89. The Bertz CT molecular complexity index is 1500. The highest BCUT2D eigenvalue weighted by Gasteiger charge is 2.44. The van der Waals surface area contributed by atoms with E-state index in [-0.39, 0.29) is 12.5 Å². The number of ether oxygens (including phenoxy) is 2. The van der Waals surface area contributed by atoms with Gasteiger partial charge in [-0.15, -0.1) is 0 Å². The van der Waals surface area contributed by atoms with Gasteiger partial charge in [-0.05, 0) is 83.5 Å². The van der Waals surface area contributed by atoms with Crippen molar-refractivity contribution in [3.8, 4) is 0 Å². The first-order valence-electron chi connectivity index (χ1n) is 31.0. The van der Waals surface area contributed by atoms with Crippen molar-refractivity contribution in [3.05, 3.63) is 97.2 Å². The van der Waals surface area contributed by atoms with Gasteiger partial charge in [-0.25, -0.2) is 0 Å². The van der Waals surface area contributed by atoms with Gasteiger partial charge >= 0.3 is 0 Å². The third-order valence-electron chi connectivity index (χ3n) is 14.1. The normalized spacial score (nSPS) is 19.6. The molecule has 432 valence electrons. The van der Waals surface area contributed by atoms with Gasteiger partial charge < -0.3 is 40.3 Å². The van der Waals surface area contributed by atoms with Gasteiger partial charge in [-0.3, -0.25) is 4.79 Å². The monoisotopic (exact) mass is 1050 g/mol. The molecule has 1 rings (SSSR count). The number of aliphatic hydroxyl groups is 5. The lowest BCUT2D eigenvalue weighted by molar-refractivity contribution is -0.302. The summed E-state index contributed by atoms with van der Waals surface area (Å²) in [4.78, 5) is 13.1. The zero-order chi connectivity index (χ0) is 54.3. The molecule has 0 spiro atoms. The van der Waals surface area contributed by atoms with Crippen LogP contribution < -0.4 is 5.32 Å². The van der Waals surface area contributed by atoms with Crippen molar-refractivity contribution >= 4 is 5.91 Å². The van der Waals surface area contributed by atoms with E-state index in [1.54, 1.807) is 6.08 Å². The molecule has 6 N–H and O–H groups in total. The molecule has 1 heterocycles. The molecular formula is C66H115NO8. The SMILES string of the molecule is CC/C=C\C/C=C\C/C=C\C/C=C\C/C=C\C/C=C\CCCCCCCCC(=O)NC(COC1OC(CO)C(O)C(O)C1O)C(O)/C=C/CC/C=C/CCCCCCCCCCCCCCCCCCCCCCC. The number of hydrogen-bond donors (Lipinski definition) is 6. The standard InChI is InChI=1S/C66H115NO8/c1-3-5-7-9-11-13-15-17-19-21-23-25-27-29-30-32-33-35-37-39-41-43-45-47-49-51-53-55-60(69)59(58-74-66-65(73)64(72)63(71)61(57-68)75-66)67-62(70)56-54-52-50-48-46-44-42-40-38-36-34-31-28-26-24-22-20-18-16-14-12-10-8-6-4-2/h6,8,12,14,18,20,24,26,31,34,38,40,45,47,53,55,59-61,63-66,68-69,71-73H,3-5,7,9-11,13,15-17,19,21-23,25,27-30,32-33,35-37,39,41-44,46,48-52,54,56-58H2,1-2H3,(H,67,70)/b8-6-,14-12-,20-18-,26-24-,34-31-,40-38-,47-45+,55-53+. The number of carbonyl (C=O) groups is 1. The minimum absolute atomic E-state index is 0.203. The summed E-state index contributed by atoms with van der Waals surface area (Å²) in [6.07, 6.45) is 72.0. The summed E-state index contributed by atoms with van der Waals surface area (Å²) in [5.74, 6) is -0.203. The molecular weight excluding hydrogens is 935 g/mol. The molecule has 9 heteroatoms. The minimum atomic E-state index is -1.58. The Morgan fingerprint density at radius 3 is 1.28 bits per heavy atom. The van der Waals surface area contributed by atoms with Crippen LogP contribution in [0.15, 0.2) is 97.2 Å². The molecule has 0 aromatic carbocycles. The summed E-state index contributed by atoms with van der Waals surface area (Å²) in [6.45, 7) is 3.66. The van der Waals surface area contributed by atoms with Gasteiger partial charge in [-0.1, -0.05) is 265 Å². The molecule has 7 unspecified atom stereocenters. The third kappa shape index (κ3) is 43.7. The first kappa shape index (κ1) is 70.1. The maximum Gasteiger partial charge on any atom is 0.220 e. The van der Waals surface area contributed by atoms with Crippen LogP contribution >= 0.6 is 0 Å². The summed E-state index contributed by atoms with van der Waals surface area (Å²) in [6, 6.07) is -0.838. The Kier molecular flexibility index (Phi) is 50.9. The molecule has 0 bridgehead atoms. The summed E-state index contributed by atoms with van der Waals surface area (Å²) in [5, 5.41) is 54.6. The predicted molar refractivity (Wildman–Crippen MR) is 318 cm³/mol. The molecule has 0 aliphatic carbocycles. The number of unbranched alkanes of at least 4 members (excludes halogenated alkanes) is 28. The number of aliphatic hydroxyl groups excluding tert-OH is 5. The van der Waals surface area contributed by atoms with Crippen LogP contribution in [0, 0.1) is 0 Å². The molecule has 0 radical (unpaired) electrons. The van der Waals surface area contributed by atoms with Crippen LogP contribution in [0.25, 0.3) is 0 Å². The molecule has 0 saturated carbocycles. The zero-order valence-corrected chi connectivity index (χ0v) is 48.0. The summed E-state index contributed by atoms with van der Waals surface area (Å²) >= 11 is 0. The van der Waals surface area contributed by atoms with Gasteiger partial charge in [0.25, 0.3) is 0 Å². The zero-order valence-electron chi connectivity index (χ0n) is 48.0. The van der Waals surface area contributed by atoms with Crippen molar-refractivity contribution in [2.45, 2.75) is 301 Å². The molecule has 7 atom stereocenters. The van der Waals surface area contributed by atoms with Crippen molar-refractivity contribution < 1.29 is 39.8 Å². The molecule has 75 heavy (non-hydrogen) atoms. The van der Waals surface area contributed by atoms with Gasteiger partial charge in [0.15, 0.2) is 6.29 Å². The van der Waals surface area contributed by atoms with Crippen molar-refractivity contribution in [2.75, 3.05) is 13.2 Å². The topological polar surface area (TPSA) is 149 Å². The molecule has 1 amide bonds. The molecule has 1 aliphatic heterocycles. The van der Waals surface area contributed by atoms with Crippen LogP contribution in [-0.4, -0.2) is 87.5 Å². The van der Waals surface area contributed by atoms with Crippen molar-refractivity contribution in [1.82, 2.24) is 5.32 Å². The fourth-order valence-electron chi connectivity index (χ4n) is 9.29. The number of rotatable bonds is 52. The highest BCUT2D eigenvalue weighted by Crippen LogP contribution is 2.23. The van der Waals surface area contributed by atoms with Crippen LogP contribution in [0.1, 0.15) is 258 Å². The van der Waals surface area contributed by atoms with Gasteiger partial charge in [0, 0.05) is 6.42 Å². The fraction of sp³-hybridized carbons (Fsp3) is 0.742. The lowest BCUT2D eigenvalue weighted by atomic mass is 9.99. The largest absolute Gasteiger partial charge is 0.394 e. The Balaban J connectivity index is 2.25. The lowest BCUT2D eigenvalue weighted by Crippen LogP contribution is -2.60. The van der Waals surface area contributed by atoms with Gasteiger partial charge in [0.2, 0.25) is 5.91 Å². The van der Waals surface area contributed by atoms with E-state index in [1.807, 2.05) is 6.08 Å². The third-order valence-corrected chi connectivity index (χ3v) is 14.1. The van der Waals surface area contributed by atoms with E-state index in [9.17, 15) is 30.3 Å². The lowest BCUT2D eigenvalue weighted by Gasteiger charge is -2.40. The molecule has 1 fully saturated rings. The summed E-state index contributed by atoms with van der Waals surface area (Å²) < 4.78 is 11.3. The van der Waals surface area contributed by atoms with Crippen LogP contribution in [0.2, 0.25) is 0 Å². The second-order valence-corrected chi connectivity index (χ2v) is 21.1. The Morgan fingerprint density at radius 1 is 0.467 bits per heavy atom. The van der Waals surface area contributed by atoms with Crippen molar-refractivity contribution in [3.63, 3.8) is 0 Å². The maximum absolute atomic E-state index is 13.1. The smallest absolute Gasteiger partial charge is 0.220 e. The van der Waals surface area contributed by atoms with Crippen LogP contribution in [0.3, 0.4) is 0 Å². The number of nitrogens with one attached hydrogen (secondary N) is 1. The van der Waals surface area contributed by atoms with E-state index in [1.165, 1.54) is 135 Å². The van der Waals surface area contributed by atoms with Gasteiger partial charge in [0.1, 0.15) is 24.4 Å². The predicted octanol–water partition coefficient (Wildman–Crippen LogP) is 16.0. The second-order valence-electron chi connectivity index (χ2n) is 21.1. The van der Waals surface area contributed by atoms with Gasteiger partial charge in [-0.2, -0.15) is 0 Å². The molecule has 0 aromatic heterocycles. The van der Waals surface area contributed by atoms with Crippen LogP contribution in [-0.2, 0) is 14.3 Å². The number of allylic oxidation sites excluding steroid dienone is 15. The molecule has 9 nitrogen and oxygen atoms in total. The highest BCUT2D eigenvalue weighted by molar-refractivity contribution is 5.76. The summed E-state index contributed by atoms with van der Waals surface area (Å²) in [7, 11) is 0. The molecule has 0 aromatic rings. The van der Waals surface area contributed by atoms with E-state index in [4.69, 9.17) is 9.47 Å². The van der Waals surface area contributed by atoms with E-state index in [2.05, 4.69) is 104 Å². The Morgan fingerprint density at radius 2 is 0.840 bits per heavy atom. The van der Waals surface area contributed by atoms with Gasteiger partial charge in [0.05, 0.1) is 25.4 Å². The van der Waals surface area contributed by atoms with E-state index >= 15 is 0 Å². The van der Waals surface area contributed by atoms with Crippen LogP contribution in [0.4, 0.5) is 0 Å². The van der Waals surface area contributed by atoms with Crippen molar-refractivity contribution in [1.29, 1.82) is 0 Å². The van der Waals surface area contributed by atoms with Crippen LogP contribution in [0.5, 0.6) is 0 Å². The number of hydrogen-bond acceptors (Lipinski definition) is 8. The maximum atomic E-state index is 13.1. The van der Waals surface area contributed by atoms with E-state index in [0.717, 1.165) is 103 Å². The first-order valence-corrected chi connectivity index (χ1v) is 31.0. The fourth-order valence-corrected chi connectivity index (χ4v) is 9.29.